The number of carboxylic acids is 1. The van der Waals surface area contributed by atoms with E-state index >= 15 is 0 Å². The molecular formula is C19H27N5O6S. The highest BCUT2D eigenvalue weighted by Crippen LogP contribution is 2.05. The summed E-state index contributed by atoms with van der Waals surface area (Å²) >= 11 is 4.04. The van der Waals surface area contributed by atoms with Crippen LogP contribution in [0.4, 0.5) is 0 Å². The first kappa shape index (κ1) is 25.9. The van der Waals surface area contributed by atoms with Crippen molar-refractivity contribution in [2.45, 2.75) is 37.4 Å². The van der Waals surface area contributed by atoms with E-state index in [1.165, 1.54) is 0 Å². The number of aliphatic carboxylic acids is 1. The monoisotopic (exact) mass is 453 g/mol. The molecule has 3 unspecified atom stereocenters. The lowest BCUT2D eigenvalue weighted by molar-refractivity contribution is -0.142. The molecule has 0 aromatic heterocycles. The highest BCUT2D eigenvalue weighted by molar-refractivity contribution is 7.80. The smallest absolute Gasteiger partial charge is 0.326 e. The first-order chi connectivity index (χ1) is 14.7. The topological polar surface area (TPSA) is 194 Å². The Kier molecular flexibility index (Phi) is 11.1. The van der Waals surface area contributed by atoms with Gasteiger partial charge < -0.3 is 32.5 Å². The first-order valence-electron chi connectivity index (χ1n) is 9.44. The number of nitrogens with two attached hydrogens (primary N) is 2. The maximum Gasteiger partial charge on any atom is 0.326 e. The Morgan fingerprint density at radius 3 is 2.03 bits per heavy atom. The Bertz CT molecular complexity index is 791. The number of hydrogen-bond donors (Lipinski definition) is 7. The summed E-state index contributed by atoms with van der Waals surface area (Å²) in [5.74, 6) is -4.20. The molecule has 8 N–H and O–H groups in total. The molecule has 0 radical (unpaired) electrons. The second kappa shape index (κ2) is 13.2. The number of nitrogens with one attached hydrogen (secondary N) is 3. The lowest BCUT2D eigenvalue weighted by Gasteiger charge is -2.23. The van der Waals surface area contributed by atoms with Crippen LogP contribution >= 0.6 is 12.6 Å². The lowest BCUT2D eigenvalue weighted by atomic mass is 10.1. The van der Waals surface area contributed by atoms with E-state index in [0.29, 0.717) is 5.56 Å². The van der Waals surface area contributed by atoms with Crippen molar-refractivity contribution in [1.82, 2.24) is 16.0 Å². The SMILES string of the molecule is NCC(=O)NC(CCC(N)=O)C(=O)NC(CS)C(=O)NC(Cc1ccccc1)C(=O)O. The van der Waals surface area contributed by atoms with E-state index in [1.54, 1.807) is 30.3 Å². The van der Waals surface area contributed by atoms with Crippen LogP contribution in [0.2, 0.25) is 0 Å². The summed E-state index contributed by atoms with van der Waals surface area (Å²) in [5.41, 5.74) is 11.0. The van der Waals surface area contributed by atoms with E-state index < -0.39 is 47.7 Å². The van der Waals surface area contributed by atoms with Gasteiger partial charge in [-0.1, -0.05) is 30.3 Å². The van der Waals surface area contributed by atoms with E-state index in [4.69, 9.17) is 11.5 Å². The van der Waals surface area contributed by atoms with Crippen molar-refractivity contribution in [2.24, 2.45) is 11.5 Å². The van der Waals surface area contributed by atoms with Gasteiger partial charge in [0.05, 0.1) is 6.54 Å². The maximum atomic E-state index is 12.6. The minimum absolute atomic E-state index is 0.0446. The van der Waals surface area contributed by atoms with Crippen molar-refractivity contribution in [1.29, 1.82) is 0 Å². The molecule has 3 atom stereocenters. The van der Waals surface area contributed by atoms with Crippen molar-refractivity contribution in [3.8, 4) is 0 Å². The molecule has 11 nitrogen and oxygen atoms in total. The molecule has 12 heteroatoms. The maximum absolute atomic E-state index is 12.6. The number of carbonyl (C=O) groups is 5. The molecule has 0 heterocycles. The number of thiol groups is 1. The van der Waals surface area contributed by atoms with Crippen molar-refractivity contribution in [3.63, 3.8) is 0 Å². The van der Waals surface area contributed by atoms with Crippen molar-refractivity contribution >= 4 is 42.2 Å². The van der Waals surface area contributed by atoms with Gasteiger partial charge in [0, 0.05) is 18.6 Å². The van der Waals surface area contributed by atoms with Gasteiger partial charge in [-0.05, 0) is 12.0 Å². The number of primary amides is 1. The zero-order chi connectivity index (χ0) is 23.4. The molecule has 0 spiro atoms. The summed E-state index contributed by atoms with van der Waals surface area (Å²) in [5, 5.41) is 16.6. The zero-order valence-corrected chi connectivity index (χ0v) is 17.6. The molecule has 0 aliphatic heterocycles. The summed E-state index contributed by atoms with van der Waals surface area (Å²) in [6.45, 7) is -0.378. The van der Waals surface area contributed by atoms with Crippen LogP contribution in [0.15, 0.2) is 30.3 Å². The van der Waals surface area contributed by atoms with Crippen LogP contribution < -0.4 is 27.4 Å². The molecule has 0 saturated heterocycles. The molecule has 170 valence electrons. The van der Waals surface area contributed by atoms with Gasteiger partial charge in [-0.25, -0.2) is 4.79 Å². The molecular weight excluding hydrogens is 426 g/mol. The Balaban J connectivity index is 2.82. The first-order valence-corrected chi connectivity index (χ1v) is 10.1. The van der Waals surface area contributed by atoms with Gasteiger partial charge in [-0.3, -0.25) is 19.2 Å². The Labute approximate surface area is 184 Å². The molecule has 31 heavy (non-hydrogen) atoms. The van der Waals surface area contributed by atoms with Crippen molar-refractivity contribution < 1.29 is 29.1 Å². The zero-order valence-electron chi connectivity index (χ0n) is 16.7. The molecule has 0 aliphatic rings. The normalized spacial score (nSPS) is 13.4. The Morgan fingerprint density at radius 1 is 0.935 bits per heavy atom. The van der Waals surface area contributed by atoms with Crippen LogP contribution in [0.3, 0.4) is 0 Å². The molecule has 0 fully saturated rings. The largest absolute Gasteiger partial charge is 0.480 e. The van der Waals surface area contributed by atoms with Crippen LogP contribution in [-0.2, 0) is 30.4 Å². The fraction of sp³-hybridized carbons (Fsp3) is 0.421. The summed E-state index contributed by atoms with van der Waals surface area (Å²) in [6, 6.07) is 5.16. The number of benzene rings is 1. The quantitative estimate of drug-likeness (QED) is 0.166. The second-order valence-electron chi connectivity index (χ2n) is 6.66. The van der Waals surface area contributed by atoms with Crippen LogP contribution in [-0.4, -0.2) is 65.1 Å². The van der Waals surface area contributed by atoms with Crippen molar-refractivity contribution in [3.05, 3.63) is 35.9 Å². The molecule has 0 aliphatic carbocycles. The number of carboxylic acid groups (broad SMARTS) is 1. The number of hydrogen-bond acceptors (Lipinski definition) is 7. The van der Waals surface area contributed by atoms with Gasteiger partial charge in [-0.15, -0.1) is 0 Å². The average Bonchev–Trinajstić information content (AvgIpc) is 2.74. The predicted octanol–water partition coefficient (Wildman–Crippen LogP) is -2.08. The summed E-state index contributed by atoms with van der Waals surface area (Å²) in [6.07, 6.45) is -0.235. The Hall–Kier alpha value is -3.12. The van der Waals surface area contributed by atoms with Gasteiger partial charge in [0.1, 0.15) is 18.1 Å². The standard InChI is InChI=1S/C19H27N5O6S/c20-9-16(26)22-12(6-7-15(21)25)17(27)24-14(10-31)18(28)23-13(19(29)30)8-11-4-2-1-3-5-11/h1-5,12-14,31H,6-10,20H2,(H2,21,25)(H,22,26)(H,23,28)(H,24,27)(H,29,30). The number of amides is 4. The number of carbonyl (C=O) groups excluding carboxylic acids is 4. The third-order valence-electron chi connectivity index (χ3n) is 4.23. The van der Waals surface area contributed by atoms with Crippen LogP contribution in [0.5, 0.6) is 0 Å². The minimum Gasteiger partial charge on any atom is -0.480 e. The fourth-order valence-corrected chi connectivity index (χ4v) is 2.85. The lowest BCUT2D eigenvalue weighted by Crippen LogP contribution is -2.57. The van der Waals surface area contributed by atoms with Gasteiger partial charge in [-0.2, -0.15) is 12.6 Å². The van der Waals surface area contributed by atoms with Crippen LogP contribution in [0, 0.1) is 0 Å². The van der Waals surface area contributed by atoms with Crippen molar-refractivity contribution in [2.75, 3.05) is 12.3 Å². The summed E-state index contributed by atoms with van der Waals surface area (Å²) in [7, 11) is 0. The van der Waals surface area contributed by atoms with E-state index in [1.807, 2.05) is 0 Å². The van der Waals surface area contributed by atoms with Crippen LogP contribution in [0.25, 0.3) is 0 Å². The van der Waals surface area contributed by atoms with E-state index in [2.05, 4.69) is 28.6 Å². The fourth-order valence-electron chi connectivity index (χ4n) is 2.60. The second-order valence-corrected chi connectivity index (χ2v) is 7.03. The van der Waals surface area contributed by atoms with E-state index in [9.17, 15) is 29.1 Å². The molecule has 0 bridgehead atoms. The average molecular weight is 454 g/mol. The van der Waals surface area contributed by atoms with E-state index in [0.717, 1.165) is 0 Å². The van der Waals surface area contributed by atoms with Gasteiger partial charge in [0.2, 0.25) is 23.6 Å². The summed E-state index contributed by atoms with van der Waals surface area (Å²) < 4.78 is 0. The summed E-state index contributed by atoms with van der Waals surface area (Å²) in [4.78, 5) is 59.3. The predicted molar refractivity (Wildman–Crippen MR) is 115 cm³/mol. The number of rotatable bonds is 13. The highest BCUT2D eigenvalue weighted by Gasteiger charge is 2.29. The van der Waals surface area contributed by atoms with Gasteiger partial charge >= 0.3 is 5.97 Å². The third kappa shape index (κ3) is 9.49. The highest BCUT2D eigenvalue weighted by atomic mass is 32.1. The molecule has 1 aromatic carbocycles. The third-order valence-corrected chi connectivity index (χ3v) is 4.59. The van der Waals surface area contributed by atoms with Gasteiger partial charge in [0.25, 0.3) is 0 Å². The molecule has 1 rings (SSSR count). The molecule has 4 amide bonds. The molecule has 0 saturated carbocycles. The van der Waals surface area contributed by atoms with E-state index in [-0.39, 0.29) is 31.6 Å². The molecule has 1 aromatic rings. The minimum atomic E-state index is -1.24. The van der Waals surface area contributed by atoms with Gasteiger partial charge in [0.15, 0.2) is 0 Å². The van der Waals surface area contributed by atoms with Crippen LogP contribution in [0.1, 0.15) is 18.4 Å². The Morgan fingerprint density at radius 2 is 1.52 bits per heavy atom.